The Morgan fingerprint density at radius 1 is 1.18 bits per heavy atom. The number of likely N-dealkylation sites (tertiary alicyclic amines) is 2. The molecule has 2 saturated heterocycles. The molecule has 2 heterocycles. The molecule has 2 aliphatic heterocycles. The van der Waals surface area contributed by atoms with E-state index in [-0.39, 0.29) is 57.9 Å². The highest BCUT2D eigenvalue weighted by Gasteiger charge is 2.45. The second-order valence-electron chi connectivity index (χ2n) is 7.72. The van der Waals surface area contributed by atoms with Gasteiger partial charge in [0, 0.05) is 30.2 Å². The zero-order valence-electron chi connectivity index (χ0n) is 15.3. The van der Waals surface area contributed by atoms with Crippen molar-refractivity contribution in [2.45, 2.75) is 37.1 Å². The van der Waals surface area contributed by atoms with Gasteiger partial charge in [-0.25, -0.2) is 0 Å². The summed E-state index contributed by atoms with van der Waals surface area (Å²) in [6, 6.07) is 6.41. The van der Waals surface area contributed by atoms with Crippen molar-refractivity contribution in [3.63, 3.8) is 0 Å². The van der Waals surface area contributed by atoms with E-state index < -0.39 is 23.8 Å². The summed E-state index contributed by atoms with van der Waals surface area (Å²) in [7, 11) is 0. The van der Waals surface area contributed by atoms with Gasteiger partial charge in [0.25, 0.3) is 5.91 Å². The van der Waals surface area contributed by atoms with Gasteiger partial charge in [-0.15, -0.1) is 0 Å². The number of carbonyl (C=O) groups excluding carboxylic acids is 1. The second kappa shape index (κ2) is 8.18. The van der Waals surface area contributed by atoms with Gasteiger partial charge in [0.05, 0.1) is 5.92 Å². The van der Waals surface area contributed by atoms with Crippen molar-refractivity contribution in [1.82, 2.24) is 9.80 Å². The topological polar surface area (TPSA) is 64.0 Å². The van der Waals surface area contributed by atoms with E-state index in [4.69, 9.17) is 11.6 Å². The smallest absolute Gasteiger partial charge is 0.388 e. The normalized spacial score (nSPS) is 27.8. The van der Waals surface area contributed by atoms with E-state index in [0.29, 0.717) is 10.6 Å². The third kappa shape index (κ3) is 4.79. The van der Waals surface area contributed by atoms with Crippen LogP contribution in [0, 0.1) is 5.92 Å². The summed E-state index contributed by atoms with van der Waals surface area (Å²) in [4.78, 5) is 15.8. The first-order valence-corrected chi connectivity index (χ1v) is 9.71. The van der Waals surface area contributed by atoms with Crippen molar-refractivity contribution in [3.05, 3.63) is 34.9 Å². The predicted octanol–water partition coefficient (Wildman–Crippen LogP) is 2.55. The van der Waals surface area contributed by atoms with E-state index in [9.17, 15) is 28.2 Å². The first kappa shape index (κ1) is 21.4. The number of halogens is 4. The number of nitrogens with zero attached hydrogens (tertiary/aromatic N) is 2. The molecule has 0 aliphatic carbocycles. The van der Waals surface area contributed by atoms with Gasteiger partial charge in [0.1, 0.15) is 11.7 Å². The Morgan fingerprint density at radius 2 is 1.79 bits per heavy atom. The third-order valence-electron chi connectivity index (χ3n) is 5.75. The molecule has 0 bridgehead atoms. The number of piperidine rings is 2. The van der Waals surface area contributed by atoms with Crippen LogP contribution in [-0.2, 0) is 0 Å². The predicted molar refractivity (Wildman–Crippen MR) is 98.1 cm³/mol. The zero-order chi connectivity index (χ0) is 20.5. The highest BCUT2D eigenvalue weighted by atomic mass is 35.5. The molecule has 0 spiro atoms. The lowest BCUT2D eigenvalue weighted by Crippen LogP contribution is -2.61. The minimum absolute atomic E-state index is 0.00312. The van der Waals surface area contributed by atoms with Crippen LogP contribution in [-0.4, -0.2) is 76.5 Å². The van der Waals surface area contributed by atoms with Crippen LogP contribution in [0.3, 0.4) is 0 Å². The van der Waals surface area contributed by atoms with E-state index in [1.54, 1.807) is 29.2 Å². The largest absolute Gasteiger partial charge is 0.391 e. The molecule has 2 fully saturated rings. The molecule has 1 amide bonds. The van der Waals surface area contributed by atoms with E-state index in [1.807, 2.05) is 0 Å². The van der Waals surface area contributed by atoms with Crippen LogP contribution in [0.1, 0.15) is 29.6 Å². The Bertz CT molecular complexity index is 693. The molecule has 9 heteroatoms. The Kier molecular flexibility index (Phi) is 6.24. The van der Waals surface area contributed by atoms with Gasteiger partial charge in [0.2, 0.25) is 0 Å². The van der Waals surface area contributed by atoms with Crippen molar-refractivity contribution >= 4 is 17.5 Å². The van der Waals surface area contributed by atoms with Crippen molar-refractivity contribution in [2.75, 3.05) is 32.7 Å². The fourth-order valence-corrected chi connectivity index (χ4v) is 4.04. The highest BCUT2D eigenvalue weighted by molar-refractivity contribution is 6.30. The van der Waals surface area contributed by atoms with E-state index in [0.717, 1.165) is 0 Å². The summed E-state index contributed by atoms with van der Waals surface area (Å²) >= 11 is 5.82. The Labute approximate surface area is 166 Å². The number of hydrogen-bond acceptors (Lipinski definition) is 4. The molecule has 5 nitrogen and oxygen atoms in total. The van der Waals surface area contributed by atoms with Crippen LogP contribution in [0.15, 0.2) is 24.3 Å². The summed E-state index contributed by atoms with van der Waals surface area (Å²) < 4.78 is 38.4. The summed E-state index contributed by atoms with van der Waals surface area (Å²) in [5, 5.41) is 21.8. The highest BCUT2D eigenvalue weighted by Crippen LogP contribution is 2.35. The van der Waals surface area contributed by atoms with E-state index >= 15 is 0 Å². The maximum absolute atomic E-state index is 12.8. The molecule has 2 N–H and O–H groups in total. The number of aliphatic hydroxyl groups excluding tert-OH is 1. The summed E-state index contributed by atoms with van der Waals surface area (Å²) in [6.07, 6.45) is -5.20. The summed E-state index contributed by atoms with van der Waals surface area (Å²) in [5.74, 6) is -1.56. The second-order valence-corrected chi connectivity index (χ2v) is 8.16. The minimum atomic E-state index is -4.18. The van der Waals surface area contributed by atoms with Crippen molar-refractivity contribution in [3.8, 4) is 0 Å². The molecule has 28 heavy (non-hydrogen) atoms. The van der Waals surface area contributed by atoms with Gasteiger partial charge in [-0.05, 0) is 56.6 Å². The van der Waals surface area contributed by atoms with Crippen LogP contribution in [0.2, 0.25) is 5.02 Å². The van der Waals surface area contributed by atoms with Crippen LogP contribution in [0.4, 0.5) is 13.2 Å². The molecule has 156 valence electrons. The zero-order valence-corrected chi connectivity index (χ0v) is 16.1. The molecule has 1 aromatic rings. The number of amides is 1. The monoisotopic (exact) mass is 420 g/mol. The Morgan fingerprint density at radius 3 is 2.32 bits per heavy atom. The number of rotatable bonds is 3. The fraction of sp³-hybridized carbons (Fsp3) is 0.632. The maximum Gasteiger partial charge on any atom is 0.391 e. The standard InChI is InChI=1S/C19H24ClF3N2O3/c20-15-3-1-13(2-4-15)17(27)25-10-7-18(28,16(26)11-25)12-24-8-5-14(6-9-24)19(21,22)23/h1-4,14,16,26,28H,5-12H2/t16-,18-/m0/s1. The SMILES string of the molecule is O=C(c1ccc(Cl)cc1)N1CC[C@](O)(CN2CCC(C(F)(F)F)CC2)[C@@H](O)C1. The van der Waals surface area contributed by atoms with Crippen LogP contribution < -0.4 is 0 Å². The maximum atomic E-state index is 12.8. The molecule has 2 aliphatic rings. The average molecular weight is 421 g/mol. The van der Waals surface area contributed by atoms with Crippen LogP contribution in [0.25, 0.3) is 0 Å². The molecular formula is C19H24ClF3N2O3. The van der Waals surface area contributed by atoms with Gasteiger partial charge in [-0.1, -0.05) is 11.6 Å². The molecule has 0 aromatic heterocycles. The third-order valence-corrected chi connectivity index (χ3v) is 6.01. The van der Waals surface area contributed by atoms with Crippen molar-refractivity contribution in [2.24, 2.45) is 5.92 Å². The number of β-amino-alcohol motifs (C(OH)–C–C–N with tert-alkyl or cyclic N) is 2. The minimum Gasteiger partial charge on any atom is -0.388 e. The fourth-order valence-electron chi connectivity index (χ4n) is 3.91. The molecule has 0 saturated carbocycles. The Hall–Kier alpha value is -1.35. The van der Waals surface area contributed by atoms with Crippen LogP contribution >= 0.6 is 11.6 Å². The average Bonchev–Trinajstić information content (AvgIpc) is 2.64. The van der Waals surface area contributed by atoms with E-state index in [2.05, 4.69) is 0 Å². The Balaban J connectivity index is 1.55. The van der Waals surface area contributed by atoms with Gasteiger partial charge < -0.3 is 20.0 Å². The number of alkyl halides is 3. The first-order chi connectivity index (χ1) is 13.1. The number of benzene rings is 1. The summed E-state index contributed by atoms with van der Waals surface area (Å²) in [5.41, 5.74) is -1.00. The lowest BCUT2D eigenvalue weighted by Gasteiger charge is -2.45. The first-order valence-electron chi connectivity index (χ1n) is 9.33. The molecular weight excluding hydrogens is 397 g/mol. The number of aliphatic hydroxyl groups is 2. The molecule has 3 rings (SSSR count). The number of hydrogen-bond donors (Lipinski definition) is 2. The van der Waals surface area contributed by atoms with Crippen molar-refractivity contribution in [1.29, 1.82) is 0 Å². The lowest BCUT2D eigenvalue weighted by atomic mass is 9.86. The van der Waals surface area contributed by atoms with Gasteiger partial charge in [0.15, 0.2) is 0 Å². The number of carbonyl (C=O) groups is 1. The lowest BCUT2D eigenvalue weighted by molar-refractivity contribution is -0.188. The molecule has 2 atom stereocenters. The summed E-state index contributed by atoms with van der Waals surface area (Å²) in [6.45, 7) is 0.784. The molecule has 0 unspecified atom stereocenters. The van der Waals surface area contributed by atoms with Crippen LogP contribution in [0.5, 0.6) is 0 Å². The van der Waals surface area contributed by atoms with Gasteiger partial charge >= 0.3 is 6.18 Å². The molecule has 0 radical (unpaired) electrons. The van der Waals surface area contributed by atoms with Crippen molar-refractivity contribution < 1.29 is 28.2 Å². The molecule has 1 aromatic carbocycles. The van der Waals surface area contributed by atoms with E-state index in [1.165, 1.54) is 4.90 Å². The van der Waals surface area contributed by atoms with Gasteiger partial charge in [-0.3, -0.25) is 4.79 Å². The van der Waals surface area contributed by atoms with Gasteiger partial charge in [-0.2, -0.15) is 13.2 Å². The quantitative estimate of drug-likeness (QED) is 0.789.